The number of nitrogens with zero attached hydrogens (tertiary/aromatic N) is 1. The van der Waals surface area contributed by atoms with Crippen molar-refractivity contribution in [1.82, 2.24) is 4.90 Å². The van der Waals surface area contributed by atoms with E-state index in [1.165, 1.54) is 0 Å². The molecule has 0 bridgehead atoms. The molecule has 0 spiro atoms. The summed E-state index contributed by atoms with van der Waals surface area (Å²) >= 11 is 0. The molecule has 0 amide bonds. The van der Waals surface area contributed by atoms with Crippen LogP contribution in [0, 0.1) is 5.92 Å². The van der Waals surface area contributed by atoms with E-state index in [1.54, 1.807) is 7.11 Å². The predicted molar refractivity (Wildman–Crippen MR) is 91.9 cm³/mol. The number of piperidine rings is 1. The van der Waals surface area contributed by atoms with Gasteiger partial charge >= 0.3 is 5.97 Å². The van der Waals surface area contributed by atoms with Gasteiger partial charge in [-0.15, -0.1) is 0 Å². The van der Waals surface area contributed by atoms with Crippen molar-refractivity contribution < 1.29 is 19.4 Å². The maximum atomic E-state index is 11.3. The lowest BCUT2D eigenvalue weighted by molar-refractivity contribution is -0.137. The molecule has 5 nitrogen and oxygen atoms in total. The van der Waals surface area contributed by atoms with Crippen LogP contribution in [-0.4, -0.2) is 49.3 Å². The van der Waals surface area contributed by atoms with E-state index in [0.29, 0.717) is 11.7 Å². The molecule has 1 aliphatic carbocycles. The fourth-order valence-electron chi connectivity index (χ4n) is 3.75. The summed E-state index contributed by atoms with van der Waals surface area (Å²) in [7, 11) is 3.75. The van der Waals surface area contributed by atoms with Gasteiger partial charge in [-0.3, -0.25) is 4.79 Å². The molecule has 2 aliphatic rings. The summed E-state index contributed by atoms with van der Waals surface area (Å²) in [5.41, 5.74) is 0.976. The van der Waals surface area contributed by atoms with Gasteiger partial charge in [0.15, 0.2) is 11.5 Å². The standard InChI is InChI=1S/C19H27NO4/c1-20-10-4-5-14(12-20)24-17-7-3-6-15(19(17)23-2)16(11-18(21)22)13-8-9-13/h3,6-7,13-14,16H,4-5,8-12H2,1-2H3,(H,21,22). The molecule has 1 N–H and O–H groups in total. The van der Waals surface area contributed by atoms with E-state index in [2.05, 4.69) is 11.9 Å². The molecule has 1 aliphatic heterocycles. The number of hydrogen-bond acceptors (Lipinski definition) is 4. The van der Waals surface area contributed by atoms with Crippen LogP contribution in [-0.2, 0) is 4.79 Å². The minimum atomic E-state index is -0.755. The van der Waals surface area contributed by atoms with Crippen molar-refractivity contribution >= 4 is 5.97 Å². The topological polar surface area (TPSA) is 59.0 Å². The Morgan fingerprint density at radius 1 is 1.38 bits per heavy atom. The number of benzene rings is 1. The molecule has 5 heteroatoms. The number of carboxylic acid groups (broad SMARTS) is 1. The van der Waals surface area contributed by atoms with Crippen molar-refractivity contribution in [2.24, 2.45) is 5.92 Å². The predicted octanol–water partition coefficient (Wildman–Crippen LogP) is 3.14. The minimum Gasteiger partial charge on any atom is -0.493 e. The Labute approximate surface area is 143 Å². The van der Waals surface area contributed by atoms with E-state index in [9.17, 15) is 9.90 Å². The summed E-state index contributed by atoms with van der Waals surface area (Å²) < 4.78 is 11.9. The number of carbonyl (C=O) groups is 1. The molecule has 2 fully saturated rings. The molecule has 1 saturated heterocycles. The van der Waals surface area contributed by atoms with E-state index in [4.69, 9.17) is 9.47 Å². The summed E-state index contributed by atoms with van der Waals surface area (Å²) in [4.78, 5) is 13.6. The van der Waals surface area contributed by atoms with Crippen LogP contribution in [0.4, 0.5) is 0 Å². The van der Waals surface area contributed by atoms with Gasteiger partial charge in [-0.1, -0.05) is 12.1 Å². The molecule has 24 heavy (non-hydrogen) atoms. The molecule has 2 unspecified atom stereocenters. The third-order valence-corrected chi connectivity index (χ3v) is 5.07. The summed E-state index contributed by atoms with van der Waals surface area (Å²) in [6.07, 6.45) is 4.67. The zero-order chi connectivity index (χ0) is 17.1. The molecular formula is C19H27NO4. The lowest BCUT2D eigenvalue weighted by Gasteiger charge is -2.31. The smallest absolute Gasteiger partial charge is 0.303 e. The maximum absolute atomic E-state index is 11.3. The van der Waals surface area contributed by atoms with Gasteiger partial charge in [0, 0.05) is 18.0 Å². The van der Waals surface area contributed by atoms with Crippen molar-refractivity contribution in [3.05, 3.63) is 23.8 Å². The number of para-hydroxylation sites is 1. The van der Waals surface area contributed by atoms with Gasteiger partial charge in [0.2, 0.25) is 0 Å². The number of aliphatic carboxylic acids is 1. The molecule has 1 aromatic rings. The van der Waals surface area contributed by atoms with E-state index in [-0.39, 0.29) is 18.4 Å². The van der Waals surface area contributed by atoms with Gasteiger partial charge < -0.3 is 19.5 Å². The SMILES string of the molecule is COc1c(OC2CCCN(C)C2)cccc1C(CC(=O)O)C1CC1. The number of methoxy groups -OCH3 is 1. The second-order valence-electron chi connectivity index (χ2n) is 7.06. The van der Waals surface area contributed by atoms with Gasteiger partial charge in [0.1, 0.15) is 6.10 Å². The Balaban J connectivity index is 1.83. The normalized spacial score (nSPS) is 22.8. The first kappa shape index (κ1) is 17.1. The first-order valence-corrected chi connectivity index (χ1v) is 8.82. The van der Waals surface area contributed by atoms with Crippen LogP contribution in [0.15, 0.2) is 18.2 Å². The highest BCUT2D eigenvalue weighted by Gasteiger charge is 2.36. The minimum absolute atomic E-state index is 0.00929. The fraction of sp³-hybridized carbons (Fsp3) is 0.632. The van der Waals surface area contributed by atoms with Gasteiger partial charge in [-0.05, 0) is 51.3 Å². The molecule has 1 saturated carbocycles. The molecule has 1 heterocycles. The number of likely N-dealkylation sites (N-methyl/N-ethyl adjacent to an activating group) is 1. The number of likely N-dealkylation sites (tertiary alicyclic amines) is 1. The average Bonchev–Trinajstić information content (AvgIpc) is 3.37. The second-order valence-corrected chi connectivity index (χ2v) is 7.06. The van der Waals surface area contributed by atoms with Crippen LogP contribution in [0.5, 0.6) is 11.5 Å². The van der Waals surface area contributed by atoms with Crippen molar-refractivity contribution in [2.45, 2.75) is 44.1 Å². The molecule has 0 aromatic heterocycles. The second kappa shape index (κ2) is 7.43. The summed E-state index contributed by atoms with van der Waals surface area (Å²) in [6.45, 7) is 2.02. The Morgan fingerprint density at radius 2 is 2.17 bits per heavy atom. The van der Waals surface area contributed by atoms with Crippen molar-refractivity contribution in [2.75, 3.05) is 27.2 Å². The van der Waals surface area contributed by atoms with Crippen LogP contribution in [0.1, 0.15) is 43.6 Å². The van der Waals surface area contributed by atoms with Gasteiger partial charge in [-0.25, -0.2) is 0 Å². The molecule has 3 rings (SSSR count). The van der Waals surface area contributed by atoms with Crippen molar-refractivity contribution in [1.29, 1.82) is 0 Å². The highest BCUT2D eigenvalue weighted by Crippen LogP contribution is 2.49. The van der Waals surface area contributed by atoms with Gasteiger partial charge in [0.05, 0.1) is 13.5 Å². The Bertz CT molecular complexity index is 585. The highest BCUT2D eigenvalue weighted by atomic mass is 16.5. The lowest BCUT2D eigenvalue weighted by atomic mass is 9.90. The number of carboxylic acids is 1. The van der Waals surface area contributed by atoms with Crippen LogP contribution >= 0.6 is 0 Å². The number of hydrogen-bond donors (Lipinski definition) is 1. The third-order valence-electron chi connectivity index (χ3n) is 5.07. The summed E-state index contributed by atoms with van der Waals surface area (Å²) in [6, 6.07) is 5.88. The van der Waals surface area contributed by atoms with Crippen molar-refractivity contribution in [3.8, 4) is 11.5 Å². The van der Waals surface area contributed by atoms with E-state index in [1.807, 2.05) is 18.2 Å². The quantitative estimate of drug-likeness (QED) is 0.831. The molecule has 1 aromatic carbocycles. The third kappa shape index (κ3) is 4.01. The fourth-order valence-corrected chi connectivity index (χ4v) is 3.75. The van der Waals surface area contributed by atoms with E-state index in [0.717, 1.165) is 50.1 Å². The summed E-state index contributed by atoms with van der Waals surface area (Å²) in [5, 5.41) is 9.27. The number of rotatable bonds is 7. The first-order chi connectivity index (χ1) is 11.6. The molecular weight excluding hydrogens is 306 g/mol. The molecule has 132 valence electrons. The zero-order valence-corrected chi connectivity index (χ0v) is 14.5. The lowest BCUT2D eigenvalue weighted by Crippen LogP contribution is -2.38. The molecule has 2 atom stereocenters. The Kier molecular flexibility index (Phi) is 5.29. The summed E-state index contributed by atoms with van der Waals surface area (Å²) in [5.74, 6) is 1.16. The van der Waals surface area contributed by atoms with E-state index < -0.39 is 5.97 Å². The van der Waals surface area contributed by atoms with Crippen LogP contribution in [0.3, 0.4) is 0 Å². The van der Waals surface area contributed by atoms with E-state index >= 15 is 0 Å². The monoisotopic (exact) mass is 333 g/mol. The molecule has 0 radical (unpaired) electrons. The van der Waals surface area contributed by atoms with Crippen LogP contribution in [0.2, 0.25) is 0 Å². The van der Waals surface area contributed by atoms with Crippen LogP contribution < -0.4 is 9.47 Å². The Hall–Kier alpha value is -1.75. The van der Waals surface area contributed by atoms with Crippen LogP contribution in [0.25, 0.3) is 0 Å². The van der Waals surface area contributed by atoms with Gasteiger partial charge in [0.25, 0.3) is 0 Å². The first-order valence-electron chi connectivity index (χ1n) is 8.82. The largest absolute Gasteiger partial charge is 0.493 e. The zero-order valence-electron chi connectivity index (χ0n) is 14.5. The highest BCUT2D eigenvalue weighted by molar-refractivity contribution is 5.69. The average molecular weight is 333 g/mol. The van der Waals surface area contributed by atoms with Crippen molar-refractivity contribution in [3.63, 3.8) is 0 Å². The maximum Gasteiger partial charge on any atom is 0.303 e. The Morgan fingerprint density at radius 3 is 2.79 bits per heavy atom. The number of ether oxygens (including phenoxy) is 2. The van der Waals surface area contributed by atoms with Gasteiger partial charge in [-0.2, -0.15) is 0 Å².